The van der Waals surface area contributed by atoms with E-state index in [9.17, 15) is 0 Å². The number of ether oxygens (including phenoxy) is 2. The van der Waals surface area contributed by atoms with Crippen molar-refractivity contribution >= 4 is 39.1 Å². The maximum absolute atomic E-state index is 6.16. The molecule has 0 aliphatic heterocycles. The summed E-state index contributed by atoms with van der Waals surface area (Å²) < 4.78 is 10.5. The van der Waals surface area contributed by atoms with Gasteiger partial charge in [-0.3, -0.25) is 0 Å². The smallest absolute Gasteiger partial charge is 0.137 e. The van der Waals surface area contributed by atoms with E-state index in [1.165, 1.54) is 0 Å². The highest BCUT2D eigenvalue weighted by Crippen LogP contribution is 2.39. The van der Waals surface area contributed by atoms with E-state index in [0.717, 1.165) is 16.9 Å². The van der Waals surface area contributed by atoms with Gasteiger partial charge in [0.05, 0.1) is 24.1 Å². The number of alkyl halides is 1. The zero-order valence-electron chi connectivity index (χ0n) is 11.0. The van der Waals surface area contributed by atoms with Crippen LogP contribution in [0.2, 0.25) is 10.0 Å². The molecule has 0 saturated heterocycles. The van der Waals surface area contributed by atoms with Crippen molar-refractivity contribution in [2.45, 2.75) is 4.83 Å². The second kappa shape index (κ2) is 6.70. The molecule has 0 N–H and O–H groups in total. The summed E-state index contributed by atoms with van der Waals surface area (Å²) in [6.45, 7) is 0. The number of hydrogen-bond acceptors (Lipinski definition) is 2. The summed E-state index contributed by atoms with van der Waals surface area (Å²) in [5.41, 5.74) is 1.99. The lowest BCUT2D eigenvalue weighted by Gasteiger charge is -2.16. The molecule has 1 unspecified atom stereocenters. The summed E-state index contributed by atoms with van der Waals surface area (Å²) in [4.78, 5) is -0.0434. The molecule has 0 spiro atoms. The Morgan fingerprint density at radius 2 is 1.65 bits per heavy atom. The molecule has 2 rings (SSSR count). The van der Waals surface area contributed by atoms with Crippen LogP contribution in [0.15, 0.2) is 36.4 Å². The van der Waals surface area contributed by atoms with Crippen molar-refractivity contribution < 1.29 is 9.47 Å². The molecule has 0 heterocycles. The van der Waals surface area contributed by atoms with E-state index in [-0.39, 0.29) is 4.83 Å². The molecule has 5 heteroatoms. The van der Waals surface area contributed by atoms with Crippen LogP contribution in [-0.4, -0.2) is 14.2 Å². The second-order valence-electron chi connectivity index (χ2n) is 4.14. The Labute approximate surface area is 136 Å². The molecule has 0 aliphatic rings. The fourth-order valence-electron chi connectivity index (χ4n) is 1.91. The van der Waals surface area contributed by atoms with Gasteiger partial charge in [-0.05, 0) is 29.8 Å². The van der Waals surface area contributed by atoms with Gasteiger partial charge in [0.2, 0.25) is 0 Å². The molecular formula is C15H13BrCl2O2. The van der Waals surface area contributed by atoms with Crippen LogP contribution in [0.1, 0.15) is 16.0 Å². The highest BCUT2D eigenvalue weighted by atomic mass is 79.9. The second-order valence-corrected chi connectivity index (χ2v) is 5.90. The van der Waals surface area contributed by atoms with Crippen molar-refractivity contribution in [3.8, 4) is 11.5 Å². The number of benzene rings is 2. The SMILES string of the molecule is COc1ccc(C(Br)c2ccc(Cl)cc2OC)cc1Cl. The van der Waals surface area contributed by atoms with Gasteiger partial charge in [-0.25, -0.2) is 0 Å². The van der Waals surface area contributed by atoms with Crippen molar-refractivity contribution in [3.05, 3.63) is 57.6 Å². The lowest BCUT2D eigenvalue weighted by Crippen LogP contribution is -1.97. The third kappa shape index (κ3) is 3.22. The van der Waals surface area contributed by atoms with Crippen LogP contribution in [0.5, 0.6) is 11.5 Å². The minimum absolute atomic E-state index is 0.0434. The van der Waals surface area contributed by atoms with Crippen molar-refractivity contribution in [1.29, 1.82) is 0 Å². The van der Waals surface area contributed by atoms with Gasteiger partial charge in [-0.2, -0.15) is 0 Å². The van der Waals surface area contributed by atoms with Gasteiger partial charge in [-0.15, -0.1) is 0 Å². The predicted octanol–water partition coefficient (Wildman–Crippen LogP) is 5.49. The first-order valence-electron chi connectivity index (χ1n) is 5.87. The van der Waals surface area contributed by atoms with Crippen LogP contribution < -0.4 is 9.47 Å². The molecule has 0 amide bonds. The average Bonchev–Trinajstić information content (AvgIpc) is 2.46. The summed E-state index contributed by atoms with van der Waals surface area (Å²) in [5.74, 6) is 1.38. The summed E-state index contributed by atoms with van der Waals surface area (Å²) in [7, 11) is 3.21. The first kappa shape index (κ1) is 15.5. The summed E-state index contributed by atoms with van der Waals surface area (Å²) in [5, 5.41) is 1.21. The van der Waals surface area contributed by atoms with Crippen LogP contribution in [0.25, 0.3) is 0 Å². The minimum atomic E-state index is -0.0434. The van der Waals surface area contributed by atoms with Gasteiger partial charge in [0, 0.05) is 10.6 Å². The Balaban J connectivity index is 2.40. The van der Waals surface area contributed by atoms with Gasteiger partial charge in [0.1, 0.15) is 11.5 Å². The van der Waals surface area contributed by atoms with Gasteiger partial charge in [0.25, 0.3) is 0 Å². The minimum Gasteiger partial charge on any atom is -0.496 e. The van der Waals surface area contributed by atoms with Crippen molar-refractivity contribution in [1.82, 2.24) is 0 Å². The average molecular weight is 376 g/mol. The van der Waals surface area contributed by atoms with E-state index in [4.69, 9.17) is 32.7 Å². The number of halogens is 3. The van der Waals surface area contributed by atoms with E-state index in [1.54, 1.807) is 20.3 Å². The molecular weight excluding hydrogens is 363 g/mol. The van der Waals surface area contributed by atoms with E-state index >= 15 is 0 Å². The molecule has 0 fully saturated rings. The Morgan fingerprint density at radius 1 is 0.950 bits per heavy atom. The molecule has 1 atom stereocenters. The van der Waals surface area contributed by atoms with Crippen molar-refractivity contribution in [2.75, 3.05) is 14.2 Å². The summed E-state index contributed by atoms with van der Waals surface area (Å²) >= 11 is 15.8. The topological polar surface area (TPSA) is 18.5 Å². The van der Waals surface area contributed by atoms with Crippen LogP contribution in [0.3, 0.4) is 0 Å². The zero-order chi connectivity index (χ0) is 14.7. The first-order valence-corrected chi connectivity index (χ1v) is 7.55. The third-order valence-corrected chi connectivity index (χ3v) is 4.49. The largest absolute Gasteiger partial charge is 0.496 e. The van der Waals surface area contributed by atoms with Crippen LogP contribution in [0, 0.1) is 0 Å². The molecule has 2 aromatic carbocycles. The number of hydrogen-bond donors (Lipinski definition) is 0. The molecule has 106 valence electrons. The summed E-state index contributed by atoms with van der Waals surface area (Å²) in [6, 6.07) is 11.2. The fourth-order valence-corrected chi connectivity index (χ4v) is 3.01. The molecule has 0 aliphatic carbocycles. The van der Waals surface area contributed by atoms with Gasteiger partial charge in [-0.1, -0.05) is 51.3 Å². The Kier molecular flexibility index (Phi) is 5.19. The number of rotatable bonds is 4. The highest BCUT2D eigenvalue weighted by molar-refractivity contribution is 9.09. The Hall–Kier alpha value is -0.900. The fraction of sp³-hybridized carbons (Fsp3) is 0.200. The van der Waals surface area contributed by atoms with Crippen LogP contribution in [-0.2, 0) is 0 Å². The van der Waals surface area contributed by atoms with Crippen LogP contribution >= 0.6 is 39.1 Å². The standard InChI is InChI=1S/C15H13BrCl2O2/c1-19-13-6-3-9(7-12(13)18)15(16)11-5-4-10(17)8-14(11)20-2/h3-8,15H,1-2H3. The molecule has 2 aromatic rings. The molecule has 0 aromatic heterocycles. The Bertz CT molecular complexity index is 617. The number of methoxy groups -OCH3 is 2. The van der Waals surface area contributed by atoms with Crippen LogP contribution in [0.4, 0.5) is 0 Å². The van der Waals surface area contributed by atoms with Crippen molar-refractivity contribution in [3.63, 3.8) is 0 Å². The maximum Gasteiger partial charge on any atom is 0.137 e. The normalized spacial score (nSPS) is 12.1. The molecule has 0 radical (unpaired) electrons. The monoisotopic (exact) mass is 374 g/mol. The van der Waals surface area contributed by atoms with Crippen molar-refractivity contribution in [2.24, 2.45) is 0 Å². The maximum atomic E-state index is 6.16. The van der Waals surface area contributed by atoms with E-state index < -0.39 is 0 Å². The molecule has 0 bridgehead atoms. The van der Waals surface area contributed by atoms with E-state index in [1.807, 2.05) is 30.3 Å². The first-order chi connectivity index (χ1) is 9.56. The van der Waals surface area contributed by atoms with E-state index in [2.05, 4.69) is 15.9 Å². The van der Waals surface area contributed by atoms with E-state index in [0.29, 0.717) is 15.8 Å². The summed E-state index contributed by atoms with van der Waals surface area (Å²) in [6.07, 6.45) is 0. The van der Waals surface area contributed by atoms with Gasteiger partial charge >= 0.3 is 0 Å². The highest BCUT2D eigenvalue weighted by Gasteiger charge is 2.17. The zero-order valence-corrected chi connectivity index (χ0v) is 14.1. The quantitative estimate of drug-likeness (QED) is 0.657. The Morgan fingerprint density at radius 3 is 2.25 bits per heavy atom. The lowest BCUT2D eigenvalue weighted by atomic mass is 10.0. The lowest BCUT2D eigenvalue weighted by molar-refractivity contribution is 0.410. The molecule has 2 nitrogen and oxygen atoms in total. The molecule has 20 heavy (non-hydrogen) atoms. The third-order valence-electron chi connectivity index (χ3n) is 2.94. The van der Waals surface area contributed by atoms with Gasteiger partial charge < -0.3 is 9.47 Å². The predicted molar refractivity (Wildman–Crippen MR) is 86.8 cm³/mol. The van der Waals surface area contributed by atoms with Gasteiger partial charge in [0.15, 0.2) is 0 Å². The molecule has 0 saturated carbocycles.